The third-order valence-corrected chi connectivity index (χ3v) is 6.19. The number of rotatable bonds is 7. The molecule has 1 N–H and O–H groups in total. The molecule has 1 heterocycles. The Hall–Kier alpha value is -2.16. The third-order valence-electron chi connectivity index (χ3n) is 3.63. The molecule has 0 atom stereocenters. The van der Waals surface area contributed by atoms with Gasteiger partial charge in [-0.3, -0.25) is 0 Å². The maximum Gasteiger partial charge on any atom is 0.240 e. The summed E-state index contributed by atoms with van der Waals surface area (Å²) in [6.07, 6.45) is 0.534. The van der Waals surface area contributed by atoms with Crippen molar-refractivity contribution >= 4 is 31.6 Å². The van der Waals surface area contributed by atoms with E-state index in [0.717, 1.165) is 15.2 Å². The standard InChI is InChI=1S/C17H18N2O4S2/c1-22-14-8-7-12(11-15(14)23-2)25(20,21)18-10-9-17-19-13-5-3-4-6-16(13)24-17/h3-8,11,18H,9-10H2,1-2H3. The summed E-state index contributed by atoms with van der Waals surface area (Å²) in [5.41, 5.74) is 0.935. The van der Waals surface area contributed by atoms with Crippen LogP contribution in [0.5, 0.6) is 11.5 Å². The number of benzene rings is 2. The Bertz CT molecular complexity index is 950. The van der Waals surface area contributed by atoms with Crippen LogP contribution in [0.1, 0.15) is 5.01 Å². The van der Waals surface area contributed by atoms with Crippen LogP contribution in [0.3, 0.4) is 0 Å². The number of hydrogen-bond donors (Lipinski definition) is 1. The van der Waals surface area contributed by atoms with E-state index in [4.69, 9.17) is 9.47 Å². The van der Waals surface area contributed by atoms with Gasteiger partial charge < -0.3 is 9.47 Å². The van der Waals surface area contributed by atoms with Gasteiger partial charge in [-0.15, -0.1) is 11.3 Å². The predicted octanol–water partition coefficient (Wildman–Crippen LogP) is 2.83. The predicted molar refractivity (Wildman–Crippen MR) is 98.1 cm³/mol. The highest BCUT2D eigenvalue weighted by molar-refractivity contribution is 7.89. The fourth-order valence-electron chi connectivity index (χ4n) is 2.39. The van der Waals surface area contributed by atoms with Crippen LogP contribution in [0.2, 0.25) is 0 Å². The molecule has 2 aromatic carbocycles. The van der Waals surface area contributed by atoms with Crippen molar-refractivity contribution in [2.45, 2.75) is 11.3 Å². The van der Waals surface area contributed by atoms with E-state index in [2.05, 4.69) is 9.71 Å². The largest absolute Gasteiger partial charge is 0.493 e. The van der Waals surface area contributed by atoms with Crippen molar-refractivity contribution in [1.29, 1.82) is 0 Å². The molecule has 3 aromatic rings. The molecule has 25 heavy (non-hydrogen) atoms. The lowest BCUT2D eigenvalue weighted by molar-refractivity contribution is 0.354. The Morgan fingerprint density at radius 2 is 1.84 bits per heavy atom. The quantitative estimate of drug-likeness (QED) is 0.684. The molecule has 1 aromatic heterocycles. The minimum absolute atomic E-state index is 0.134. The van der Waals surface area contributed by atoms with Crippen molar-refractivity contribution in [3.05, 3.63) is 47.5 Å². The molecule has 8 heteroatoms. The third kappa shape index (κ3) is 3.92. The summed E-state index contributed by atoms with van der Waals surface area (Å²) in [5, 5.41) is 0.899. The maximum absolute atomic E-state index is 12.4. The highest BCUT2D eigenvalue weighted by atomic mass is 32.2. The highest BCUT2D eigenvalue weighted by Crippen LogP contribution is 2.29. The molecule has 0 bridgehead atoms. The average Bonchev–Trinajstić information content (AvgIpc) is 3.03. The Morgan fingerprint density at radius 3 is 2.56 bits per heavy atom. The zero-order valence-corrected chi connectivity index (χ0v) is 15.5. The Kier molecular flexibility index (Phi) is 5.22. The normalized spacial score (nSPS) is 11.6. The summed E-state index contributed by atoms with van der Waals surface area (Å²) >= 11 is 1.57. The summed E-state index contributed by atoms with van der Waals surface area (Å²) in [4.78, 5) is 4.64. The molecular weight excluding hydrogens is 360 g/mol. The van der Waals surface area contributed by atoms with E-state index in [1.54, 1.807) is 17.4 Å². The van der Waals surface area contributed by atoms with Crippen LogP contribution >= 0.6 is 11.3 Å². The lowest BCUT2D eigenvalue weighted by Crippen LogP contribution is -2.26. The molecule has 132 valence electrons. The van der Waals surface area contributed by atoms with Gasteiger partial charge in [0.25, 0.3) is 0 Å². The van der Waals surface area contributed by atoms with Gasteiger partial charge in [0.2, 0.25) is 10.0 Å². The summed E-state index contributed by atoms with van der Waals surface area (Å²) in [6.45, 7) is 0.274. The maximum atomic E-state index is 12.4. The van der Waals surface area contributed by atoms with Crippen LogP contribution in [-0.4, -0.2) is 34.2 Å². The fourth-order valence-corrected chi connectivity index (χ4v) is 4.40. The van der Waals surface area contributed by atoms with Crippen molar-refractivity contribution in [2.24, 2.45) is 0 Å². The summed E-state index contributed by atoms with van der Waals surface area (Å²) in [5.74, 6) is 0.854. The molecular formula is C17H18N2O4S2. The first-order chi connectivity index (χ1) is 12.0. The van der Waals surface area contributed by atoms with Crippen LogP contribution in [-0.2, 0) is 16.4 Å². The van der Waals surface area contributed by atoms with Crippen LogP contribution in [0.25, 0.3) is 10.2 Å². The second-order valence-electron chi connectivity index (χ2n) is 5.24. The molecule has 0 saturated heterocycles. The van der Waals surface area contributed by atoms with Crippen molar-refractivity contribution in [3.8, 4) is 11.5 Å². The summed E-state index contributed by atoms with van der Waals surface area (Å²) in [7, 11) is -0.657. The number of sulfonamides is 1. The monoisotopic (exact) mass is 378 g/mol. The minimum Gasteiger partial charge on any atom is -0.493 e. The number of nitrogens with one attached hydrogen (secondary N) is 1. The summed E-state index contributed by atoms with van der Waals surface area (Å²) < 4.78 is 38.9. The number of fused-ring (bicyclic) bond motifs is 1. The van der Waals surface area contributed by atoms with E-state index in [1.165, 1.54) is 26.4 Å². The number of nitrogens with zero attached hydrogens (tertiary/aromatic N) is 1. The van der Waals surface area contributed by atoms with Gasteiger partial charge in [-0.2, -0.15) is 0 Å². The lowest BCUT2D eigenvalue weighted by atomic mass is 10.3. The molecule has 0 amide bonds. The molecule has 0 spiro atoms. The number of para-hydroxylation sites is 1. The second-order valence-corrected chi connectivity index (χ2v) is 8.12. The first-order valence-electron chi connectivity index (χ1n) is 7.59. The van der Waals surface area contributed by atoms with Gasteiger partial charge in [0.05, 0.1) is 34.3 Å². The second kappa shape index (κ2) is 7.38. The van der Waals surface area contributed by atoms with E-state index in [1.807, 2.05) is 24.3 Å². The van der Waals surface area contributed by atoms with Crippen LogP contribution in [0.4, 0.5) is 0 Å². The molecule has 0 aliphatic heterocycles. The molecule has 6 nitrogen and oxygen atoms in total. The van der Waals surface area contributed by atoms with Crippen molar-refractivity contribution in [3.63, 3.8) is 0 Å². The number of methoxy groups -OCH3 is 2. The van der Waals surface area contributed by atoms with E-state index in [9.17, 15) is 8.42 Å². The highest BCUT2D eigenvalue weighted by Gasteiger charge is 2.17. The number of ether oxygens (including phenoxy) is 2. The molecule has 0 fully saturated rings. The van der Waals surface area contributed by atoms with E-state index < -0.39 is 10.0 Å². The number of hydrogen-bond acceptors (Lipinski definition) is 6. The van der Waals surface area contributed by atoms with Gasteiger partial charge in [0.15, 0.2) is 11.5 Å². The smallest absolute Gasteiger partial charge is 0.240 e. The number of thiazole rings is 1. The van der Waals surface area contributed by atoms with Gasteiger partial charge in [-0.05, 0) is 24.3 Å². The SMILES string of the molecule is COc1ccc(S(=O)(=O)NCCc2nc3ccccc3s2)cc1OC. The van der Waals surface area contributed by atoms with Crippen LogP contribution in [0.15, 0.2) is 47.4 Å². The molecule has 0 aliphatic carbocycles. The zero-order valence-electron chi connectivity index (χ0n) is 13.9. The van der Waals surface area contributed by atoms with Gasteiger partial charge >= 0.3 is 0 Å². The summed E-state index contributed by atoms with van der Waals surface area (Å²) in [6, 6.07) is 12.4. The van der Waals surface area contributed by atoms with Gasteiger partial charge in [-0.25, -0.2) is 18.1 Å². The van der Waals surface area contributed by atoms with Crippen molar-refractivity contribution < 1.29 is 17.9 Å². The van der Waals surface area contributed by atoms with Gasteiger partial charge in [0, 0.05) is 19.0 Å². The minimum atomic E-state index is -3.63. The Labute approximate surface area is 150 Å². The Morgan fingerprint density at radius 1 is 1.08 bits per heavy atom. The van der Waals surface area contributed by atoms with E-state index in [0.29, 0.717) is 17.9 Å². The first kappa shape index (κ1) is 17.7. The fraction of sp³-hybridized carbons (Fsp3) is 0.235. The zero-order chi connectivity index (χ0) is 17.9. The van der Waals surface area contributed by atoms with E-state index in [-0.39, 0.29) is 11.4 Å². The lowest BCUT2D eigenvalue weighted by Gasteiger charge is -2.10. The van der Waals surface area contributed by atoms with Gasteiger partial charge in [0.1, 0.15) is 0 Å². The average molecular weight is 378 g/mol. The van der Waals surface area contributed by atoms with E-state index >= 15 is 0 Å². The van der Waals surface area contributed by atoms with Crippen molar-refractivity contribution in [2.75, 3.05) is 20.8 Å². The topological polar surface area (TPSA) is 77.5 Å². The van der Waals surface area contributed by atoms with Gasteiger partial charge in [-0.1, -0.05) is 12.1 Å². The van der Waals surface area contributed by atoms with Crippen LogP contribution < -0.4 is 14.2 Å². The van der Waals surface area contributed by atoms with Crippen molar-refractivity contribution in [1.82, 2.24) is 9.71 Å². The molecule has 0 saturated carbocycles. The molecule has 0 aliphatic rings. The molecule has 0 unspecified atom stereocenters. The molecule has 0 radical (unpaired) electrons. The van der Waals surface area contributed by atoms with Crippen LogP contribution in [0, 0.1) is 0 Å². The number of aromatic nitrogens is 1. The molecule has 3 rings (SSSR count). The first-order valence-corrected chi connectivity index (χ1v) is 9.89. The Balaban J connectivity index is 1.69.